The van der Waals surface area contributed by atoms with Crippen LogP contribution in [-0.2, 0) is 59.3 Å². The summed E-state index contributed by atoms with van der Waals surface area (Å²) in [5, 5.41) is 61.1. The number of ether oxygens (including phenoxy) is 4. The Balaban J connectivity index is 0.000000327. The summed E-state index contributed by atoms with van der Waals surface area (Å²) >= 11 is 0. The highest BCUT2D eigenvalue weighted by Crippen LogP contribution is 2.28. The summed E-state index contributed by atoms with van der Waals surface area (Å²) in [6.45, 7) is 0.846. The van der Waals surface area contributed by atoms with Gasteiger partial charge in [-0.3, -0.25) is 19.2 Å². The summed E-state index contributed by atoms with van der Waals surface area (Å²) in [5.74, 6) is -4.75. The van der Waals surface area contributed by atoms with E-state index in [4.69, 9.17) is 54.8 Å². The summed E-state index contributed by atoms with van der Waals surface area (Å²) < 4.78 is 19.8. The Morgan fingerprint density at radius 2 is 0.807 bits per heavy atom. The highest BCUT2D eigenvalue weighted by Gasteiger charge is 2.13. The van der Waals surface area contributed by atoms with Gasteiger partial charge in [-0.2, -0.15) is 4.89 Å². The van der Waals surface area contributed by atoms with Crippen LogP contribution in [0.1, 0.15) is 27.8 Å². The molecule has 0 aliphatic rings. The second-order valence-electron chi connectivity index (χ2n) is 11.8. The van der Waals surface area contributed by atoms with Crippen LogP contribution in [0.5, 0.6) is 23.0 Å². The van der Waals surface area contributed by atoms with Crippen molar-refractivity contribution in [1.29, 1.82) is 0 Å². The van der Waals surface area contributed by atoms with Gasteiger partial charge in [0.15, 0.2) is 13.2 Å². The minimum absolute atomic E-state index is 0.277. The van der Waals surface area contributed by atoms with E-state index >= 15 is 0 Å². The van der Waals surface area contributed by atoms with Crippen LogP contribution in [-0.4, -0.2) is 98.8 Å². The van der Waals surface area contributed by atoms with E-state index in [0.29, 0.717) is 50.6 Å². The average molecular weight is 797 g/mol. The molecule has 0 heterocycles. The van der Waals surface area contributed by atoms with E-state index in [9.17, 15) is 28.8 Å². The molecule has 4 aromatic carbocycles. The summed E-state index contributed by atoms with van der Waals surface area (Å²) in [6, 6.07) is 21.0. The number of carbonyl (C=O) groups is 6. The van der Waals surface area contributed by atoms with Gasteiger partial charge in [-0.15, -0.1) is 0 Å². The van der Waals surface area contributed by atoms with E-state index in [2.05, 4.69) is 4.89 Å². The number of benzene rings is 4. The topological polar surface area (TPSA) is 290 Å². The van der Waals surface area contributed by atoms with E-state index in [1.165, 1.54) is 37.4 Å². The highest BCUT2D eigenvalue weighted by atomic mass is 17.1. The fourth-order valence-corrected chi connectivity index (χ4v) is 4.81. The SMILES string of the molecule is COc1cc(OCOO)cc(OCC(=O)O)c1.Cc1ccc(OCC(=O)O)cc1.O=C(O)Cc1cc(CC(=O)O)cc(-c2cc(CC(=O)O)cc(CC(=O)O)c2)c1. The number of aryl methyl sites for hydroxylation is 1. The molecular weight excluding hydrogens is 756 g/mol. The molecule has 18 nitrogen and oxygen atoms in total. The van der Waals surface area contributed by atoms with Crippen LogP contribution < -0.4 is 18.9 Å². The fraction of sp³-hybridized carbons (Fsp3) is 0.231. The standard InChI is InChI=1S/C20H18O8.C10H12O7.C9H10O3/c21-17(22)7-11-1-12(8-18(23)24)4-15(3-11)16-5-13(9-19(25)26)2-14(6-16)10-20(27)28;1-14-7-2-8(15-5-10(11)12)4-9(3-7)16-6-17-13;1-7-2-4-8(5-3-7)12-6-9(10)11/h1-6H,7-10H2,(H,21,22)(H,23,24)(H,25,26)(H,27,28);2-4,13H,5-6H2,1H3,(H,11,12);2-5H,6H2,1H3,(H,10,11). The number of aliphatic carboxylic acids is 6. The van der Waals surface area contributed by atoms with Crippen LogP contribution in [0.2, 0.25) is 0 Å². The zero-order valence-electron chi connectivity index (χ0n) is 30.6. The lowest BCUT2D eigenvalue weighted by atomic mass is 9.93. The van der Waals surface area contributed by atoms with Gasteiger partial charge in [-0.05, 0) is 52.4 Å². The predicted molar refractivity (Wildman–Crippen MR) is 197 cm³/mol. The Morgan fingerprint density at radius 3 is 1.14 bits per heavy atom. The molecule has 0 aliphatic carbocycles. The number of hydrogen-bond acceptors (Lipinski definition) is 12. The average Bonchev–Trinajstić information content (AvgIpc) is 3.12. The van der Waals surface area contributed by atoms with Crippen molar-refractivity contribution in [2.24, 2.45) is 0 Å². The van der Waals surface area contributed by atoms with Crippen molar-refractivity contribution in [2.75, 3.05) is 27.1 Å². The lowest BCUT2D eigenvalue weighted by Gasteiger charge is -2.11. The molecule has 0 amide bonds. The molecule has 0 aliphatic heterocycles. The van der Waals surface area contributed by atoms with Crippen LogP contribution in [0.25, 0.3) is 11.1 Å². The number of carboxylic acids is 6. The molecule has 0 saturated heterocycles. The second kappa shape index (κ2) is 23.6. The molecule has 0 unspecified atom stereocenters. The van der Waals surface area contributed by atoms with Crippen molar-refractivity contribution >= 4 is 35.8 Å². The van der Waals surface area contributed by atoms with Gasteiger partial charge in [0, 0.05) is 18.2 Å². The zero-order valence-corrected chi connectivity index (χ0v) is 30.6. The van der Waals surface area contributed by atoms with Gasteiger partial charge in [0.1, 0.15) is 23.0 Å². The van der Waals surface area contributed by atoms with Crippen LogP contribution in [0.3, 0.4) is 0 Å². The van der Waals surface area contributed by atoms with Crippen molar-refractivity contribution in [3.8, 4) is 34.1 Å². The highest BCUT2D eigenvalue weighted by molar-refractivity contribution is 5.78. The summed E-state index contributed by atoms with van der Waals surface area (Å²) in [5.41, 5.74) is 3.68. The molecular formula is C39H40O18. The first-order valence-corrected chi connectivity index (χ1v) is 16.4. The van der Waals surface area contributed by atoms with Crippen molar-refractivity contribution < 1.29 is 88.5 Å². The first-order chi connectivity index (χ1) is 27.0. The molecule has 0 aromatic heterocycles. The first kappa shape index (κ1) is 46.0. The molecule has 0 saturated carbocycles. The lowest BCUT2D eigenvalue weighted by molar-refractivity contribution is -0.278. The van der Waals surface area contributed by atoms with Gasteiger partial charge < -0.3 is 49.6 Å². The zero-order chi connectivity index (χ0) is 42.5. The van der Waals surface area contributed by atoms with E-state index in [1.807, 2.05) is 19.1 Å². The fourth-order valence-electron chi connectivity index (χ4n) is 4.81. The van der Waals surface area contributed by atoms with E-state index in [-0.39, 0.29) is 44.8 Å². The van der Waals surface area contributed by atoms with Crippen LogP contribution in [0.4, 0.5) is 0 Å². The summed E-state index contributed by atoms with van der Waals surface area (Å²) in [6.07, 6.45) is -1.23. The Labute approximate surface area is 324 Å². The van der Waals surface area contributed by atoms with E-state index < -0.39 is 42.4 Å². The normalized spacial score (nSPS) is 10.0. The minimum Gasteiger partial charge on any atom is -0.496 e. The molecule has 0 fully saturated rings. The molecule has 4 rings (SSSR count). The van der Waals surface area contributed by atoms with Gasteiger partial charge >= 0.3 is 35.8 Å². The molecule has 18 heteroatoms. The molecule has 7 N–H and O–H groups in total. The third kappa shape index (κ3) is 19.1. The van der Waals surface area contributed by atoms with Gasteiger partial charge in [0.2, 0.25) is 6.79 Å². The van der Waals surface area contributed by atoms with Gasteiger partial charge in [0.05, 0.1) is 32.8 Å². The Morgan fingerprint density at radius 1 is 0.456 bits per heavy atom. The molecule has 0 radical (unpaired) electrons. The largest absolute Gasteiger partial charge is 0.496 e. The van der Waals surface area contributed by atoms with E-state index in [0.717, 1.165) is 5.56 Å². The lowest BCUT2D eigenvalue weighted by Crippen LogP contribution is -2.09. The third-order valence-electron chi connectivity index (χ3n) is 6.97. The van der Waals surface area contributed by atoms with Crippen molar-refractivity contribution in [3.05, 3.63) is 107 Å². The maximum absolute atomic E-state index is 11.1. The Bertz CT molecular complexity index is 1860. The van der Waals surface area contributed by atoms with Gasteiger partial charge in [-0.25, -0.2) is 14.8 Å². The number of rotatable bonds is 19. The second-order valence-corrected chi connectivity index (χ2v) is 11.8. The molecule has 304 valence electrons. The third-order valence-corrected chi connectivity index (χ3v) is 6.97. The number of hydrogen-bond donors (Lipinski definition) is 7. The van der Waals surface area contributed by atoms with Crippen LogP contribution in [0, 0.1) is 6.92 Å². The number of methoxy groups -OCH3 is 1. The number of carboxylic acid groups (broad SMARTS) is 6. The van der Waals surface area contributed by atoms with Crippen molar-refractivity contribution in [1.82, 2.24) is 0 Å². The van der Waals surface area contributed by atoms with Gasteiger partial charge in [0.25, 0.3) is 0 Å². The summed E-state index contributed by atoms with van der Waals surface area (Å²) in [7, 11) is 1.45. The minimum atomic E-state index is -1.09. The van der Waals surface area contributed by atoms with Crippen LogP contribution in [0.15, 0.2) is 78.9 Å². The molecule has 4 aromatic rings. The Hall–Kier alpha value is -7.18. The maximum Gasteiger partial charge on any atom is 0.341 e. The van der Waals surface area contributed by atoms with Gasteiger partial charge in [-0.1, -0.05) is 54.1 Å². The molecule has 0 bridgehead atoms. The molecule has 57 heavy (non-hydrogen) atoms. The smallest absolute Gasteiger partial charge is 0.341 e. The monoisotopic (exact) mass is 796 g/mol. The van der Waals surface area contributed by atoms with Crippen molar-refractivity contribution in [3.63, 3.8) is 0 Å². The maximum atomic E-state index is 11.1. The summed E-state index contributed by atoms with van der Waals surface area (Å²) in [4.78, 5) is 68.4. The molecule has 0 spiro atoms. The Kier molecular flexibility index (Phi) is 19.0. The molecule has 0 atom stereocenters. The van der Waals surface area contributed by atoms with Crippen LogP contribution >= 0.6 is 0 Å². The predicted octanol–water partition coefficient (Wildman–Crippen LogP) is 4.30. The first-order valence-electron chi connectivity index (χ1n) is 16.4. The van der Waals surface area contributed by atoms with Crippen molar-refractivity contribution in [2.45, 2.75) is 32.6 Å². The van der Waals surface area contributed by atoms with E-state index in [1.54, 1.807) is 36.4 Å². The quantitative estimate of drug-likeness (QED) is 0.0395.